The normalized spacial score (nSPS) is 10.9. The van der Waals surface area contributed by atoms with E-state index in [2.05, 4.69) is 103 Å². The largest absolute Gasteiger partial charge is 0.469 e. The minimum atomic E-state index is -4.17. The summed E-state index contributed by atoms with van der Waals surface area (Å²) in [6.07, 6.45) is 3.22. The fraction of sp³-hybridized carbons (Fsp3) is 0.308. The fourth-order valence-electron chi connectivity index (χ4n) is 3.85. The lowest BCUT2D eigenvalue weighted by Crippen LogP contribution is -2.14. The van der Waals surface area contributed by atoms with Crippen LogP contribution >= 0.6 is 7.82 Å². The molecule has 0 unspecified atom stereocenters. The SMILES string of the molecule is CCOP(=O)(O)O.CCc1ccc(N(c2ccccc2)c2ccccc2)c(CC)c1CC. The van der Waals surface area contributed by atoms with Gasteiger partial charge in [0.2, 0.25) is 0 Å². The van der Waals surface area contributed by atoms with Crippen molar-refractivity contribution in [2.75, 3.05) is 11.5 Å². The molecule has 0 spiro atoms. The molecule has 3 rings (SSSR count). The number of rotatable bonds is 8. The Morgan fingerprint density at radius 1 is 0.719 bits per heavy atom. The van der Waals surface area contributed by atoms with Gasteiger partial charge in [-0.2, -0.15) is 0 Å². The lowest BCUT2D eigenvalue weighted by Gasteiger charge is -2.29. The number of aryl methyl sites for hydroxylation is 1. The van der Waals surface area contributed by atoms with Crippen molar-refractivity contribution < 1.29 is 18.9 Å². The molecule has 3 aromatic carbocycles. The van der Waals surface area contributed by atoms with Crippen molar-refractivity contribution in [2.24, 2.45) is 0 Å². The van der Waals surface area contributed by atoms with E-state index >= 15 is 0 Å². The maximum Gasteiger partial charge on any atom is 0.469 e. The van der Waals surface area contributed by atoms with Crippen molar-refractivity contribution in [2.45, 2.75) is 47.0 Å². The second-order valence-corrected chi connectivity index (χ2v) is 8.42. The zero-order chi connectivity index (χ0) is 23.6. The molecule has 3 aromatic rings. The molecule has 0 aliphatic carbocycles. The standard InChI is InChI=1S/C24H27N.C2H7O4P/c1-4-19-17-18-24(23(6-3)22(19)5-2)25(20-13-9-7-10-14-20)21-15-11-8-12-16-21;1-2-6-7(3,4)5/h7-18H,4-6H2,1-3H3;2H2,1H3,(H2,3,4,5). The minimum absolute atomic E-state index is 0.0459. The summed E-state index contributed by atoms with van der Waals surface area (Å²) in [5.74, 6) is 0. The zero-order valence-corrected chi connectivity index (χ0v) is 20.3. The van der Waals surface area contributed by atoms with Gasteiger partial charge < -0.3 is 14.7 Å². The van der Waals surface area contributed by atoms with Crippen LogP contribution in [0.1, 0.15) is 44.4 Å². The molecular formula is C26H34NO4P. The van der Waals surface area contributed by atoms with Gasteiger partial charge in [0.05, 0.1) is 6.61 Å². The highest BCUT2D eigenvalue weighted by Crippen LogP contribution is 2.39. The Labute approximate surface area is 191 Å². The smallest absolute Gasteiger partial charge is 0.310 e. The van der Waals surface area contributed by atoms with E-state index in [1.165, 1.54) is 40.7 Å². The van der Waals surface area contributed by atoms with Gasteiger partial charge in [0.15, 0.2) is 0 Å². The molecule has 5 nitrogen and oxygen atoms in total. The van der Waals surface area contributed by atoms with Gasteiger partial charge in [-0.3, -0.25) is 4.52 Å². The van der Waals surface area contributed by atoms with Crippen molar-refractivity contribution in [3.8, 4) is 0 Å². The number of phosphoric acid groups is 1. The third-order valence-corrected chi connectivity index (χ3v) is 5.75. The Bertz CT molecular complexity index is 964. The molecule has 0 fully saturated rings. The van der Waals surface area contributed by atoms with E-state index in [4.69, 9.17) is 9.79 Å². The van der Waals surface area contributed by atoms with Crippen LogP contribution in [0.5, 0.6) is 0 Å². The van der Waals surface area contributed by atoms with E-state index in [9.17, 15) is 4.57 Å². The van der Waals surface area contributed by atoms with E-state index in [0.29, 0.717) is 0 Å². The van der Waals surface area contributed by atoms with Gasteiger partial charge in [-0.1, -0.05) is 63.2 Å². The van der Waals surface area contributed by atoms with Crippen molar-refractivity contribution in [3.63, 3.8) is 0 Å². The molecule has 6 heteroatoms. The lowest BCUT2D eigenvalue weighted by atomic mass is 9.93. The van der Waals surface area contributed by atoms with Crippen LogP contribution in [0.4, 0.5) is 17.1 Å². The summed E-state index contributed by atoms with van der Waals surface area (Å²) < 4.78 is 13.6. The van der Waals surface area contributed by atoms with E-state index in [1.54, 1.807) is 0 Å². The Morgan fingerprint density at radius 2 is 1.22 bits per heavy atom. The Morgan fingerprint density at radius 3 is 1.56 bits per heavy atom. The van der Waals surface area contributed by atoms with Gasteiger partial charge in [0.1, 0.15) is 0 Å². The first-order chi connectivity index (χ1) is 15.4. The summed E-state index contributed by atoms with van der Waals surface area (Å²) in [7, 11) is -4.17. The number of hydrogen-bond acceptors (Lipinski definition) is 3. The van der Waals surface area contributed by atoms with Gasteiger partial charge in [0.25, 0.3) is 0 Å². The van der Waals surface area contributed by atoms with Crippen LogP contribution in [0.15, 0.2) is 72.8 Å². The number of hydrogen-bond donors (Lipinski definition) is 2. The number of nitrogens with zero attached hydrogens (tertiary/aromatic N) is 1. The highest BCUT2D eigenvalue weighted by atomic mass is 31.2. The Kier molecular flexibility index (Phi) is 10.1. The van der Waals surface area contributed by atoms with Gasteiger partial charge in [-0.15, -0.1) is 0 Å². The van der Waals surface area contributed by atoms with Crippen LogP contribution in [0.2, 0.25) is 0 Å². The average molecular weight is 456 g/mol. The summed E-state index contributed by atoms with van der Waals surface area (Å²) in [5.41, 5.74) is 8.16. The molecule has 0 saturated heterocycles. The third kappa shape index (κ3) is 7.04. The van der Waals surface area contributed by atoms with Gasteiger partial charge in [0, 0.05) is 17.1 Å². The van der Waals surface area contributed by atoms with E-state index in [0.717, 1.165) is 19.3 Å². The number of phosphoric ester groups is 1. The van der Waals surface area contributed by atoms with E-state index < -0.39 is 7.82 Å². The van der Waals surface area contributed by atoms with Gasteiger partial charge in [-0.25, -0.2) is 4.57 Å². The number of para-hydroxylation sites is 2. The number of anilines is 3. The highest BCUT2D eigenvalue weighted by molar-refractivity contribution is 7.46. The molecule has 0 heterocycles. The molecule has 0 saturated carbocycles. The molecule has 172 valence electrons. The highest BCUT2D eigenvalue weighted by Gasteiger charge is 2.18. The molecule has 32 heavy (non-hydrogen) atoms. The molecule has 0 aliphatic heterocycles. The van der Waals surface area contributed by atoms with Crippen molar-refractivity contribution in [1.82, 2.24) is 0 Å². The molecule has 0 aliphatic rings. The third-order valence-electron chi connectivity index (χ3n) is 5.16. The van der Waals surface area contributed by atoms with Crippen molar-refractivity contribution >= 4 is 24.9 Å². The molecule has 0 atom stereocenters. The quantitative estimate of drug-likeness (QED) is 0.359. The van der Waals surface area contributed by atoms with Crippen LogP contribution in [-0.4, -0.2) is 16.4 Å². The van der Waals surface area contributed by atoms with Crippen LogP contribution in [0.3, 0.4) is 0 Å². The predicted molar refractivity (Wildman–Crippen MR) is 133 cm³/mol. The molecular weight excluding hydrogens is 421 g/mol. The lowest BCUT2D eigenvalue weighted by molar-refractivity contribution is 0.206. The summed E-state index contributed by atoms with van der Waals surface area (Å²) in [4.78, 5) is 18.2. The summed E-state index contributed by atoms with van der Waals surface area (Å²) in [6, 6.07) is 25.9. The van der Waals surface area contributed by atoms with E-state index in [1.807, 2.05) is 0 Å². The molecule has 0 radical (unpaired) electrons. The van der Waals surface area contributed by atoms with Crippen molar-refractivity contribution in [3.05, 3.63) is 89.5 Å². The second kappa shape index (κ2) is 12.6. The molecule has 0 aromatic heterocycles. The zero-order valence-electron chi connectivity index (χ0n) is 19.4. The monoisotopic (exact) mass is 455 g/mol. The molecule has 2 N–H and O–H groups in total. The van der Waals surface area contributed by atoms with Crippen LogP contribution in [0.25, 0.3) is 0 Å². The van der Waals surface area contributed by atoms with Crippen LogP contribution < -0.4 is 4.90 Å². The number of benzene rings is 3. The first-order valence-corrected chi connectivity index (χ1v) is 12.6. The van der Waals surface area contributed by atoms with Gasteiger partial charge in [-0.05, 0) is 73.2 Å². The molecule has 0 bridgehead atoms. The Balaban J connectivity index is 0.000000451. The fourth-order valence-corrected chi connectivity index (χ4v) is 4.19. The maximum absolute atomic E-state index is 9.70. The summed E-state index contributed by atoms with van der Waals surface area (Å²) >= 11 is 0. The first kappa shape index (κ1) is 25.8. The summed E-state index contributed by atoms with van der Waals surface area (Å²) in [6.45, 7) is 8.35. The van der Waals surface area contributed by atoms with E-state index in [-0.39, 0.29) is 6.61 Å². The topological polar surface area (TPSA) is 70.0 Å². The predicted octanol–water partition coefficient (Wildman–Crippen LogP) is 6.96. The minimum Gasteiger partial charge on any atom is -0.310 e. The van der Waals surface area contributed by atoms with Crippen LogP contribution in [-0.2, 0) is 28.4 Å². The first-order valence-electron chi connectivity index (χ1n) is 11.1. The summed E-state index contributed by atoms with van der Waals surface area (Å²) in [5, 5.41) is 0. The average Bonchev–Trinajstić information content (AvgIpc) is 2.80. The van der Waals surface area contributed by atoms with Crippen molar-refractivity contribution in [1.29, 1.82) is 0 Å². The Hall–Kier alpha value is -2.43. The molecule has 0 amide bonds. The van der Waals surface area contributed by atoms with Crippen LogP contribution in [0, 0.1) is 0 Å². The second-order valence-electron chi connectivity index (χ2n) is 7.18. The van der Waals surface area contributed by atoms with Gasteiger partial charge >= 0.3 is 7.82 Å². The maximum atomic E-state index is 9.70.